The Morgan fingerprint density at radius 2 is 2.05 bits per heavy atom. The molecule has 0 saturated carbocycles. The molecule has 9 heteroatoms. The number of benzene rings is 1. The van der Waals surface area contributed by atoms with Crippen LogP contribution in [0.2, 0.25) is 5.02 Å². The van der Waals surface area contributed by atoms with E-state index in [0.29, 0.717) is 0 Å². The van der Waals surface area contributed by atoms with E-state index in [1.54, 1.807) is 0 Å². The van der Waals surface area contributed by atoms with Crippen molar-refractivity contribution in [3.8, 4) is 0 Å². The highest BCUT2D eigenvalue weighted by Gasteiger charge is 2.27. The molecule has 0 bridgehead atoms. The molecule has 0 aliphatic rings. The summed E-state index contributed by atoms with van der Waals surface area (Å²) in [6, 6.07) is 3.51. The Morgan fingerprint density at radius 3 is 2.58 bits per heavy atom. The molecule has 0 unspecified atom stereocenters. The Kier molecular flexibility index (Phi) is 4.71. The standard InChI is InChI=1S/C10H8ClF3N2O3/c11-8-6(2-1-3-7(8)16(18)19)9(17)15-5-4-10(12,13)14/h1-3H,4-5H2,(H,15,17). The number of nitro groups is 1. The molecule has 0 aliphatic heterocycles. The normalized spacial score (nSPS) is 11.2. The van der Waals surface area contributed by atoms with Gasteiger partial charge in [-0.25, -0.2) is 0 Å². The predicted octanol–water partition coefficient (Wildman–Crippen LogP) is 2.93. The number of carbonyl (C=O) groups is 1. The Morgan fingerprint density at radius 1 is 1.42 bits per heavy atom. The van der Waals surface area contributed by atoms with Crippen LogP contribution in [-0.4, -0.2) is 23.6 Å². The molecule has 0 aromatic heterocycles. The maximum Gasteiger partial charge on any atom is 0.390 e. The van der Waals surface area contributed by atoms with Crippen LogP contribution in [0.15, 0.2) is 18.2 Å². The molecule has 1 N–H and O–H groups in total. The van der Waals surface area contributed by atoms with Gasteiger partial charge in [0.25, 0.3) is 11.6 Å². The summed E-state index contributed by atoms with van der Waals surface area (Å²) in [7, 11) is 0. The first-order valence-electron chi connectivity index (χ1n) is 5.00. The predicted molar refractivity (Wildman–Crippen MR) is 61.1 cm³/mol. The summed E-state index contributed by atoms with van der Waals surface area (Å²) in [5, 5.41) is 12.2. The quantitative estimate of drug-likeness (QED) is 0.686. The van der Waals surface area contributed by atoms with Crippen molar-refractivity contribution < 1.29 is 22.9 Å². The van der Waals surface area contributed by atoms with Crippen LogP contribution < -0.4 is 5.32 Å². The van der Waals surface area contributed by atoms with E-state index in [9.17, 15) is 28.1 Å². The Bertz CT molecular complexity index is 505. The van der Waals surface area contributed by atoms with Gasteiger partial charge in [0.05, 0.1) is 16.9 Å². The van der Waals surface area contributed by atoms with Crippen LogP contribution >= 0.6 is 11.6 Å². The van der Waals surface area contributed by atoms with Crippen LogP contribution in [0.1, 0.15) is 16.8 Å². The molecule has 0 heterocycles. The van der Waals surface area contributed by atoms with Crippen LogP contribution in [0.25, 0.3) is 0 Å². The van der Waals surface area contributed by atoms with Gasteiger partial charge in [-0.3, -0.25) is 14.9 Å². The van der Waals surface area contributed by atoms with Crippen molar-refractivity contribution in [2.24, 2.45) is 0 Å². The monoisotopic (exact) mass is 296 g/mol. The molecule has 1 rings (SSSR count). The van der Waals surface area contributed by atoms with E-state index in [1.165, 1.54) is 12.1 Å². The zero-order valence-corrected chi connectivity index (χ0v) is 10.1. The maximum absolute atomic E-state index is 11.9. The highest BCUT2D eigenvalue weighted by atomic mass is 35.5. The summed E-state index contributed by atoms with van der Waals surface area (Å²) >= 11 is 5.64. The second-order valence-corrected chi connectivity index (χ2v) is 3.89. The van der Waals surface area contributed by atoms with Crippen molar-refractivity contribution >= 4 is 23.2 Å². The van der Waals surface area contributed by atoms with E-state index in [1.807, 2.05) is 5.32 Å². The molecule has 1 aromatic carbocycles. The van der Waals surface area contributed by atoms with Crippen molar-refractivity contribution in [1.82, 2.24) is 5.32 Å². The van der Waals surface area contributed by atoms with Crippen molar-refractivity contribution in [3.05, 3.63) is 38.9 Å². The van der Waals surface area contributed by atoms with E-state index >= 15 is 0 Å². The van der Waals surface area contributed by atoms with Gasteiger partial charge in [0.15, 0.2) is 0 Å². The number of halogens is 4. The van der Waals surface area contributed by atoms with Gasteiger partial charge in [0.2, 0.25) is 0 Å². The lowest BCUT2D eigenvalue weighted by Gasteiger charge is -2.08. The minimum Gasteiger partial charge on any atom is -0.352 e. The average molecular weight is 297 g/mol. The van der Waals surface area contributed by atoms with E-state index in [0.717, 1.165) is 6.07 Å². The molecule has 0 spiro atoms. The lowest BCUT2D eigenvalue weighted by Crippen LogP contribution is -2.28. The average Bonchev–Trinajstić information content (AvgIpc) is 2.26. The van der Waals surface area contributed by atoms with Crippen molar-refractivity contribution in [1.29, 1.82) is 0 Å². The largest absolute Gasteiger partial charge is 0.390 e. The second-order valence-electron chi connectivity index (χ2n) is 3.52. The topological polar surface area (TPSA) is 72.2 Å². The molecule has 19 heavy (non-hydrogen) atoms. The zero-order valence-electron chi connectivity index (χ0n) is 9.33. The fourth-order valence-corrected chi connectivity index (χ4v) is 1.53. The first-order chi connectivity index (χ1) is 8.72. The number of nitro benzene ring substituents is 1. The molecule has 0 aliphatic carbocycles. The lowest BCUT2D eigenvalue weighted by atomic mass is 10.2. The summed E-state index contributed by atoms with van der Waals surface area (Å²) in [5.74, 6) is -0.891. The molecule has 104 valence electrons. The van der Waals surface area contributed by atoms with E-state index in [4.69, 9.17) is 11.6 Å². The van der Waals surface area contributed by atoms with Crippen LogP contribution in [0.3, 0.4) is 0 Å². The molecule has 1 amide bonds. The fraction of sp³-hybridized carbons (Fsp3) is 0.300. The summed E-state index contributed by atoms with van der Waals surface area (Å²) in [4.78, 5) is 21.3. The third-order valence-corrected chi connectivity index (χ3v) is 2.51. The maximum atomic E-state index is 11.9. The van der Waals surface area contributed by atoms with Crippen molar-refractivity contribution in [2.45, 2.75) is 12.6 Å². The molecule has 0 radical (unpaired) electrons. The summed E-state index contributed by atoms with van der Waals surface area (Å²) < 4.78 is 35.7. The van der Waals surface area contributed by atoms with Crippen LogP contribution in [-0.2, 0) is 0 Å². The van der Waals surface area contributed by atoms with Gasteiger partial charge >= 0.3 is 6.18 Å². The molecule has 0 atom stereocenters. The first-order valence-corrected chi connectivity index (χ1v) is 5.38. The Labute approximate surface area is 110 Å². The van der Waals surface area contributed by atoms with Crippen LogP contribution in [0.5, 0.6) is 0 Å². The second kappa shape index (κ2) is 5.87. The summed E-state index contributed by atoms with van der Waals surface area (Å²) in [6.07, 6.45) is -5.58. The van der Waals surface area contributed by atoms with Gasteiger partial charge in [0, 0.05) is 12.6 Å². The Balaban J connectivity index is 2.78. The molecule has 5 nitrogen and oxygen atoms in total. The third kappa shape index (κ3) is 4.40. The molecular formula is C10H8ClF3N2O3. The van der Waals surface area contributed by atoms with Crippen LogP contribution in [0.4, 0.5) is 18.9 Å². The SMILES string of the molecule is O=C(NCCC(F)(F)F)c1cccc([N+](=O)[O-])c1Cl. The van der Waals surface area contributed by atoms with E-state index in [-0.39, 0.29) is 5.56 Å². The van der Waals surface area contributed by atoms with E-state index < -0.39 is 40.7 Å². The number of hydrogen-bond donors (Lipinski definition) is 1. The van der Waals surface area contributed by atoms with E-state index in [2.05, 4.69) is 0 Å². The highest BCUT2D eigenvalue weighted by Crippen LogP contribution is 2.27. The third-order valence-electron chi connectivity index (χ3n) is 2.11. The minimum absolute atomic E-state index is 0.238. The van der Waals surface area contributed by atoms with Gasteiger partial charge in [0.1, 0.15) is 5.02 Å². The highest BCUT2D eigenvalue weighted by molar-refractivity contribution is 6.35. The molecular weight excluding hydrogens is 289 g/mol. The smallest absolute Gasteiger partial charge is 0.352 e. The number of alkyl halides is 3. The zero-order chi connectivity index (χ0) is 14.6. The number of rotatable bonds is 4. The lowest BCUT2D eigenvalue weighted by molar-refractivity contribution is -0.384. The summed E-state index contributed by atoms with van der Waals surface area (Å²) in [6.45, 7) is -0.624. The number of hydrogen-bond acceptors (Lipinski definition) is 3. The van der Waals surface area contributed by atoms with Crippen molar-refractivity contribution in [2.75, 3.05) is 6.54 Å². The van der Waals surface area contributed by atoms with Gasteiger partial charge < -0.3 is 5.32 Å². The Hall–Kier alpha value is -1.83. The van der Waals surface area contributed by atoms with Gasteiger partial charge in [-0.1, -0.05) is 17.7 Å². The number of amides is 1. The van der Waals surface area contributed by atoms with Gasteiger partial charge in [-0.15, -0.1) is 0 Å². The van der Waals surface area contributed by atoms with Crippen molar-refractivity contribution in [3.63, 3.8) is 0 Å². The van der Waals surface area contributed by atoms with Gasteiger partial charge in [-0.2, -0.15) is 13.2 Å². The molecule has 1 aromatic rings. The first kappa shape index (κ1) is 15.2. The minimum atomic E-state index is -4.39. The fourth-order valence-electron chi connectivity index (χ4n) is 1.25. The summed E-state index contributed by atoms with van der Waals surface area (Å²) in [5.41, 5.74) is -0.719. The number of carbonyl (C=O) groups excluding carboxylic acids is 1. The molecule has 0 saturated heterocycles. The van der Waals surface area contributed by atoms with Gasteiger partial charge in [-0.05, 0) is 6.07 Å². The molecule has 0 fully saturated rings. The number of nitrogens with one attached hydrogen (secondary N) is 1. The van der Waals surface area contributed by atoms with Crippen LogP contribution in [0, 0.1) is 10.1 Å². The number of nitrogens with zero attached hydrogens (tertiary/aromatic N) is 1.